The molecule has 3 N–H and O–H groups in total. The molecule has 0 radical (unpaired) electrons. The number of benzene rings is 1. The van der Waals surface area contributed by atoms with Crippen LogP contribution in [0.25, 0.3) is 10.9 Å². The number of aryl methyl sites for hydroxylation is 3. The molecule has 4 rings (SSSR count). The number of rotatable bonds is 14. The first kappa shape index (κ1) is 27.7. The minimum atomic E-state index is -0.963. The lowest BCUT2D eigenvalue weighted by Gasteiger charge is -2.24. The highest BCUT2D eigenvalue weighted by Gasteiger charge is 2.21. The summed E-state index contributed by atoms with van der Waals surface area (Å²) >= 11 is 0. The first-order valence-electron chi connectivity index (χ1n) is 13.3. The second-order valence-electron chi connectivity index (χ2n) is 9.74. The van der Waals surface area contributed by atoms with Gasteiger partial charge in [-0.2, -0.15) is 0 Å². The average Bonchev–Trinajstić information content (AvgIpc) is 2.90. The van der Waals surface area contributed by atoms with Crippen molar-refractivity contribution in [1.29, 1.82) is 0 Å². The number of aromatic nitrogens is 3. The molecular weight excluding hydrogens is 487 g/mol. The smallest absolute Gasteiger partial charge is 0.326 e. The zero-order valence-electron chi connectivity index (χ0n) is 22.2. The first-order chi connectivity index (χ1) is 18.4. The number of hydrogen-bond donors (Lipinski definition) is 3. The van der Waals surface area contributed by atoms with Crippen LogP contribution < -0.4 is 10.6 Å². The molecule has 0 amide bonds. The third-order valence-corrected chi connectivity index (χ3v) is 6.83. The summed E-state index contributed by atoms with van der Waals surface area (Å²) in [5.41, 5.74) is 2.84. The Morgan fingerprint density at radius 3 is 2.87 bits per heavy atom. The number of unbranched alkanes of at least 4 members (excludes halogenated alkanes) is 1. The second-order valence-corrected chi connectivity index (χ2v) is 9.74. The van der Waals surface area contributed by atoms with Crippen LogP contribution >= 0.6 is 0 Å². The SMILES string of the molecule is COCCN(CCCCc1ccc2c(n1)NCCC2)CC[C@H](Nc1nc(C)nc2cc(F)ccc12)C(=O)O. The van der Waals surface area contributed by atoms with Crippen molar-refractivity contribution in [1.82, 2.24) is 19.9 Å². The third kappa shape index (κ3) is 7.58. The monoisotopic (exact) mass is 524 g/mol. The molecular formula is C28H37FN6O3. The predicted octanol–water partition coefficient (Wildman–Crippen LogP) is 4.06. The van der Waals surface area contributed by atoms with Crippen molar-refractivity contribution in [2.75, 3.05) is 50.5 Å². The molecule has 1 aliphatic heterocycles. The van der Waals surface area contributed by atoms with Crippen LogP contribution in [-0.2, 0) is 22.4 Å². The van der Waals surface area contributed by atoms with Crippen molar-refractivity contribution >= 4 is 28.5 Å². The number of carboxylic acid groups (broad SMARTS) is 1. The van der Waals surface area contributed by atoms with Crippen molar-refractivity contribution in [2.24, 2.45) is 0 Å². The van der Waals surface area contributed by atoms with E-state index in [9.17, 15) is 14.3 Å². The molecule has 1 aliphatic rings. The number of anilines is 2. The largest absolute Gasteiger partial charge is 0.480 e. The minimum Gasteiger partial charge on any atom is -0.480 e. The molecule has 38 heavy (non-hydrogen) atoms. The van der Waals surface area contributed by atoms with E-state index in [0.717, 1.165) is 63.3 Å². The summed E-state index contributed by atoms with van der Waals surface area (Å²) in [7, 11) is 1.67. The van der Waals surface area contributed by atoms with Gasteiger partial charge < -0.3 is 25.4 Å². The Labute approximate surface area is 222 Å². The Morgan fingerprint density at radius 1 is 1.18 bits per heavy atom. The molecule has 0 saturated heterocycles. The molecule has 0 aliphatic carbocycles. The standard InChI is InChI=1S/C28H37FN6O3/c1-19-31-25-18-21(29)9-11-23(25)27(32-19)34-24(28(36)37)12-15-35(16-17-38-2)14-4-3-7-22-10-8-20-6-5-13-30-26(20)33-22/h8-11,18,24H,3-7,12-17H2,1-2H3,(H,30,33)(H,36,37)(H,31,32,34)/t24-/m0/s1. The lowest BCUT2D eigenvalue weighted by molar-refractivity contribution is -0.138. The number of halogens is 1. The van der Waals surface area contributed by atoms with Gasteiger partial charge in [0.2, 0.25) is 0 Å². The van der Waals surface area contributed by atoms with Crippen LogP contribution in [0, 0.1) is 12.7 Å². The van der Waals surface area contributed by atoms with Crippen LogP contribution in [0.3, 0.4) is 0 Å². The number of pyridine rings is 1. The third-order valence-electron chi connectivity index (χ3n) is 6.83. The van der Waals surface area contributed by atoms with E-state index in [4.69, 9.17) is 9.72 Å². The average molecular weight is 525 g/mol. The minimum absolute atomic E-state index is 0.378. The number of carbonyl (C=O) groups is 1. The Kier molecular flexibility index (Phi) is 9.78. The number of fused-ring (bicyclic) bond motifs is 2. The topological polar surface area (TPSA) is 113 Å². The highest BCUT2D eigenvalue weighted by Crippen LogP contribution is 2.23. The Hall–Kier alpha value is -3.37. The van der Waals surface area contributed by atoms with E-state index in [1.807, 2.05) is 0 Å². The quantitative estimate of drug-likeness (QED) is 0.269. The number of nitrogens with one attached hydrogen (secondary N) is 2. The van der Waals surface area contributed by atoms with Crippen molar-refractivity contribution < 1.29 is 19.0 Å². The number of hydrogen-bond acceptors (Lipinski definition) is 8. The fraction of sp³-hybridized carbons (Fsp3) is 0.500. The van der Waals surface area contributed by atoms with Gasteiger partial charge in [0.1, 0.15) is 29.3 Å². The zero-order valence-corrected chi connectivity index (χ0v) is 22.2. The lowest BCUT2D eigenvalue weighted by Crippen LogP contribution is -2.37. The molecule has 3 aromatic rings. The fourth-order valence-corrected chi connectivity index (χ4v) is 4.77. The molecule has 0 bridgehead atoms. The molecule has 0 saturated carbocycles. The van der Waals surface area contributed by atoms with E-state index in [1.165, 1.54) is 17.7 Å². The van der Waals surface area contributed by atoms with E-state index in [0.29, 0.717) is 42.1 Å². The van der Waals surface area contributed by atoms with Gasteiger partial charge in [-0.05, 0) is 75.8 Å². The molecule has 1 aromatic carbocycles. The van der Waals surface area contributed by atoms with Gasteiger partial charge in [-0.3, -0.25) is 0 Å². The highest BCUT2D eigenvalue weighted by atomic mass is 19.1. The number of methoxy groups -OCH3 is 1. The van der Waals surface area contributed by atoms with Gasteiger partial charge in [-0.15, -0.1) is 0 Å². The Morgan fingerprint density at radius 2 is 2.05 bits per heavy atom. The maximum Gasteiger partial charge on any atom is 0.326 e. The summed E-state index contributed by atoms with van der Waals surface area (Å²) in [6.07, 6.45) is 5.50. The van der Waals surface area contributed by atoms with Crippen LogP contribution in [0.15, 0.2) is 30.3 Å². The van der Waals surface area contributed by atoms with Gasteiger partial charge in [0.15, 0.2) is 0 Å². The molecule has 204 valence electrons. The van der Waals surface area contributed by atoms with Crippen LogP contribution in [-0.4, -0.2) is 76.9 Å². The van der Waals surface area contributed by atoms with Crippen molar-refractivity contribution in [3.63, 3.8) is 0 Å². The van der Waals surface area contributed by atoms with Crippen LogP contribution in [0.4, 0.5) is 16.0 Å². The number of ether oxygens (including phenoxy) is 1. The van der Waals surface area contributed by atoms with Gasteiger partial charge in [0, 0.05) is 43.9 Å². The van der Waals surface area contributed by atoms with Gasteiger partial charge in [0.05, 0.1) is 12.1 Å². The molecule has 0 fully saturated rings. The van der Waals surface area contributed by atoms with E-state index in [-0.39, 0.29) is 0 Å². The first-order valence-corrected chi connectivity index (χ1v) is 13.3. The summed E-state index contributed by atoms with van der Waals surface area (Å²) in [5.74, 6) is 0.509. The highest BCUT2D eigenvalue weighted by molar-refractivity contribution is 5.91. The number of nitrogens with zero attached hydrogens (tertiary/aromatic N) is 4. The molecule has 3 heterocycles. The Bertz CT molecular complexity index is 1240. The molecule has 0 unspecified atom stereocenters. The van der Waals surface area contributed by atoms with E-state index in [2.05, 4.69) is 37.6 Å². The zero-order chi connectivity index (χ0) is 26.9. The van der Waals surface area contributed by atoms with Crippen molar-refractivity contribution in [3.05, 3.63) is 53.2 Å². The van der Waals surface area contributed by atoms with Gasteiger partial charge in [-0.25, -0.2) is 24.1 Å². The van der Waals surface area contributed by atoms with Crippen molar-refractivity contribution in [3.8, 4) is 0 Å². The maximum absolute atomic E-state index is 13.7. The second kappa shape index (κ2) is 13.4. The molecule has 10 heteroatoms. The van der Waals surface area contributed by atoms with E-state index >= 15 is 0 Å². The Balaban J connectivity index is 1.32. The van der Waals surface area contributed by atoms with Gasteiger partial charge in [-0.1, -0.05) is 6.07 Å². The van der Waals surface area contributed by atoms with Crippen molar-refractivity contribution in [2.45, 2.75) is 51.5 Å². The van der Waals surface area contributed by atoms with E-state index < -0.39 is 17.8 Å². The molecule has 9 nitrogen and oxygen atoms in total. The summed E-state index contributed by atoms with van der Waals surface area (Å²) in [6, 6.07) is 7.69. The fourth-order valence-electron chi connectivity index (χ4n) is 4.77. The van der Waals surface area contributed by atoms with Crippen LogP contribution in [0.1, 0.15) is 42.8 Å². The predicted molar refractivity (Wildman–Crippen MR) is 146 cm³/mol. The summed E-state index contributed by atoms with van der Waals surface area (Å²) in [5, 5.41) is 17.0. The van der Waals surface area contributed by atoms with Crippen LogP contribution in [0.2, 0.25) is 0 Å². The lowest BCUT2D eigenvalue weighted by atomic mass is 10.1. The summed E-state index contributed by atoms with van der Waals surface area (Å²) in [6.45, 7) is 5.41. The summed E-state index contributed by atoms with van der Waals surface area (Å²) < 4.78 is 19.0. The number of aliphatic carboxylic acids is 1. The normalized spacial score (nSPS) is 13.8. The number of carboxylic acids is 1. The van der Waals surface area contributed by atoms with Crippen LogP contribution in [0.5, 0.6) is 0 Å². The maximum atomic E-state index is 13.7. The summed E-state index contributed by atoms with van der Waals surface area (Å²) in [4.78, 5) is 27.8. The molecule has 0 spiro atoms. The van der Waals surface area contributed by atoms with Gasteiger partial charge >= 0.3 is 5.97 Å². The van der Waals surface area contributed by atoms with E-state index in [1.54, 1.807) is 20.1 Å². The molecule has 1 atom stereocenters. The van der Waals surface area contributed by atoms with Gasteiger partial charge in [0.25, 0.3) is 0 Å². The molecule has 2 aromatic heterocycles.